The Morgan fingerprint density at radius 1 is 1.35 bits per heavy atom. The molecule has 17 heavy (non-hydrogen) atoms. The molecule has 6 nitrogen and oxygen atoms in total. The summed E-state index contributed by atoms with van der Waals surface area (Å²) >= 11 is 0. The van der Waals surface area contributed by atoms with Crippen molar-refractivity contribution in [3.63, 3.8) is 0 Å². The summed E-state index contributed by atoms with van der Waals surface area (Å²) in [5.41, 5.74) is 0. The molecule has 0 aliphatic heterocycles. The van der Waals surface area contributed by atoms with E-state index in [1.165, 1.54) is 11.9 Å². The van der Waals surface area contributed by atoms with Gasteiger partial charge in [-0.1, -0.05) is 20.3 Å². The Labute approximate surface area is 102 Å². The Balaban J connectivity index is 4.56. The van der Waals surface area contributed by atoms with Gasteiger partial charge in [-0.2, -0.15) is 0 Å². The zero-order valence-electron chi connectivity index (χ0n) is 10.8. The van der Waals surface area contributed by atoms with Gasteiger partial charge in [0.2, 0.25) is 0 Å². The van der Waals surface area contributed by atoms with E-state index in [2.05, 4.69) is 5.32 Å². The fourth-order valence-corrected chi connectivity index (χ4v) is 1.24. The average molecular weight is 246 g/mol. The maximum Gasteiger partial charge on any atom is 0.326 e. The second-order valence-electron chi connectivity index (χ2n) is 4.29. The van der Waals surface area contributed by atoms with E-state index < -0.39 is 18.0 Å². The zero-order valence-corrected chi connectivity index (χ0v) is 10.8. The van der Waals surface area contributed by atoms with Crippen LogP contribution in [0, 0.1) is 5.92 Å². The summed E-state index contributed by atoms with van der Waals surface area (Å²) in [5, 5.41) is 20.4. The highest BCUT2D eigenvalue weighted by molar-refractivity contribution is 5.82. The van der Waals surface area contributed by atoms with Crippen molar-refractivity contribution in [3.8, 4) is 0 Å². The number of rotatable bonds is 6. The molecule has 0 radical (unpaired) electrons. The minimum absolute atomic E-state index is 0.144. The van der Waals surface area contributed by atoms with E-state index in [0.29, 0.717) is 6.42 Å². The van der Waals surface area contributed by atoms with Crippen LogP contribution in [0.5, 0.6) is 0 Å². The SMILES string of the molecule is CCC(C)[C@H](NC(=O)N(C)C(C)CO)C(=O)O. The van der Waals surface area contributed by atoms with Gasteiger partial charge in [-0.3, -0.25) is 0 Å². The van der Waals surface area contributed by atoms with Gasteiger partial charge in [-0.25, -0.2) is 9.59 Å². The summed E-state index contributed by atoms with van der Waals surface area (Å²) in [6.45, 7) is 5.16. The Morgan fingerprint density at radius 2 is 1.88 bits per heavy atom. The van der Waals surface area contributed by atoms with Crippen LogP contribution in [0.25, 0.3) is 0 Å². The predicted molar refractivity (Wildman–Crippen MR) is 63.7 cm³/mol. The van der Waals surface area contributed by atoms with Gasteiger partial charge in [0.15, 0.2) is 0 Å². The molecule has 0 spiro atoms. The number of urea groups is 1. The summed E-state index contributed by atoms with van der Waals surface area (Å²) in [4.78, 5) is 24.0. The third kappa shape index (κ3) is 4.60. The third-order valence-electron chi connectivity index (χ3n) is 3.00. The number of carboxylic acid groups (broad SMARTS) is 1. The van der Waals surface area contributed by atoms with Crippen LogP contribution in [0.2, 0.25) is 0 Å². The van der Waals surface area contributed by atoms with Gasteiger partial charge in [-0.15, -0.1) is 0 Å². The number of carboxylic acids is 1. The molecule has 0 aromatic carbocycles. The number of hydrogen-bond acceptors (Lipinski definition) is 3. The van der Waals surface area contributed by atoms with Gasteiger partial charge in [-0.05, 0) is 12.8 Å². The average Bonchev–Trinajstić information content (AvgIpc) is 2.32. The molecule has 2 amide bonds. The molecule has 0 saturated heterocycles. The molecule has 0 aliphatic carbocycles. The molecule has 0 bridgehead atoms. The maximum atomic E-state index is 11.7. The predicted octanol–water partition coefficient (Wildman–Crippen LogP) is 0.508. The molecule has 6 heteroatoms. The minimum Gasteiger partial charge on any atom is -0.480 e. The van der Waals surface area contributed by atoms with E-state index in [1.807, 2.05) is 6.92 Å². The molecular weight excluding hydrogens is 224 g/mol. The molecule has 2 unspecified atom stereocenters. The number of hydrogen-bond donors (Lipinski definition) is 3. The number of likely N-dealkylation sites (N-methyl/N-ethyl adjacent to an activating group) is 1. The van der Waals surface area contributed by atoms with Crippen molar-refractivity contribution in [2.24, 2.45) is 5.92 Å². The first kappa shape index (κ1) is 15.7. The number of nitrogens with zero attached hydrogens (tertiary/aromatic N) is 1. The fraction of sp³-hybridized carbons (Fsp3) is 0.818. The highest BCUT2D eigenvalue weighted by atomic mass is 16.4. The first-order valence-corrected chi connectivity index (χ1v) is 5.72. The lowest BCUT2D eigenvalue weighted by atomic mass is 9.99. The van der Waals surface area contributed by atoms with Gasteiger partial charge in [0.25, 0.3) is 0 Å². The minimum atomic E-state index is -1.04. The van der Waals surface area contributed by atoms with Gasteiger partial charge >= 0.3 is 12.0 Å². The van der Waals surface area contributed by atoms with E-state index in [4.69, 9.17) is 10.2 Å². The Kier molecular flexibility index (Phi) is 6.57. The standard InChI is InChI=1S/C11H22N2O4/c1-5-7(2)9(10(15)16)12-11(17)13(4)8(3)6-14/h7-9,14H,5-6H2,1-4H3,(H,12,17)(H,15,16)/t7?,8?,9-/m0/s1. The summed E-state index contributed by atoms with van der Waals surface area (Å²) in [7, 11) is 1.52. The molecule has 0 aromatic heterocycles. The molecule has 100 valence electrons. The lowest BCUT2D eigenvalue weighted by Crippen LogP contribution is -2.52. The van der Waals surface area contributed by atoms with Crippen LogP contribution in [-0.2, 0) is 4.79 Å². The van der Waals surface area contributed by atoms with Crippen LogP contribution in [0.4, 0.5) is 4.79 Å². The van der Waals surface area contributed by atoms with Crippen LogP contribution in [-0.4, -0.2) is 52.9 Å². The number of aliphatic carboxylic acids is 1. The molecular formula is C11H22N2O4. The summed E-state index contributed by atoms with van der Waals surface area (Å²) < 4.78 is 0. The maximum absolute atomic E-state index is 11.7. The largest absolute Gasteiger partial charge is 0.480 e. The Bertz CT molecular complexity index is 270. The second kappa shape index (κ2) is 7.11. The van der Waals surface area contributed by atoms with Crippen molar-refractivity contribution in [3.05, 3.63) is 0 Å². The molecule has 0 aliphatic rings. The van der Waals surface area contributed by atoms with Crippen molar-refractivity contribution in [1.82, 2.24) is 10.2 Å². The van der Waals surface area contributed by atoms with Gasteiger partial charge in [0, 0.05) is 7.05 Å². The molecule has 0 fully saturated rings. The number of aliphatic hydroxyl groups excluding tert-OH is 1. The van der Waals surface area contributed by atoms with E-state index in [-0.39, 0.29) is 18.6 Å². The second-order valence-corrected chi connectivity index (χ2v) is 4.29. The molecule has 3 N–H and O–H groups in total. The summed E-state index contributed by atoms with van der Waals surface area (Å²) in [6, 6.07) is -1.73. The molecule has 0 rings (SSSR count). The number of amides is 2. The van der Waals surface area contributed by atoms with Gasteiger partial charge in [0.05, 0.1) is 12.6 Å². The van der Waals surface area contributed by atoms with E-state index in [0.717, 1.165) is 0 Å². The first-order chi connectivity index (χ1) is 7.84. The monoisotopic (exact) mass is 246 g/mol. The van der Waals surface area contributed by atoms with Crippen molar-refractivity contribution >= 4 is 12.0 Å². The van der Waals surface area contributed by atoms with Crippen molar-refractivity contribution < 1.29 is 19.8 Å². The Morgan fingerprint density at radius 3 is 2.24 bits per heavy atom. The van der Waals surface area contributed by atoms with E-state index in [9.17, 15) is 9.59 Å². The molecule has 3 atom stereocenters. The Hall–Kier alpha value is -1.30. The number of aliphatic hydroxyl groups is 1. The van der Waals surface area contributed by atoms with Crippen LogP contribution < -0.4 is 5.32 Å². The van der Waals surface area contributed by atoms with E-state index in [1.54, 1.807) is 13.8 Å². The van der Waals surface area contributed by atoms with Crippen LogP contribution in [0.1, 0.15) is 27.2 Å². The third-order valence-corrected chi connectivity index (χ3v) is 3.00. The fourth-order valence-electron chi connectivity index (χ4n) is 1.24. The number of carbonyl (C=O) groups is 2. The van der Waals surface area contributed by atoms with Crippen molar-refractivity contribution in [2.45, 2.75) is 39.3 Å². The molecule has 0 saturated carbocycles. The number of carbonyl (C=O) groups excluding carboxylic acids is 1. The van der Waals surface area contributed by atoms with Crippen molar-refractivity contribution in [1.29, 1.82) is 0 Å². The highest BCUT2D eigenvalue weighted by Crippen LogP contribution is 2.08. The summed E-state index contributed by atoms with van der Waals surface area (Å²) in [5.74, 6) is -1.19. The number of nitrogens with one attached hydrogen (secondary N) is 1. The smallest absolute Gasteiger partial charge is 0.326 e. The molecule has 0 aromatic rings. The quantitative estimate of drug-likeness (QED) is 0.637. The zero-order chi connectivity index (χ0) is 13.6. The lowest BCUT2D eigenvalue weighted by molar-refractivity contribution is -0.140. The first-order valence-electron chi connectivity index (χ1n) is 5.72. The van der Waals surface area contributed by atoms with Crippen LogP contribution >= 0.6 is 0 Å². The lowest BCUT2D eigenvalue weighted by Gasteiger charge is -2.27. The van der Waals surface area contributed by atoms with Crippen molar-refractivity contribution in [2.75, 3.05) is 13.7 Å². The normalized spacial score (nSPS) is 15.8. The topological polar surface area (TPSA) is 89.9 Å². The van der Waals surface area contributed by atoms with Gasteiger partial charge < -0.3 is 20.4 Å². The van der Waals surface area contributed by atoms with E-state index >= 15 is 0 Å². The van der Waals surface area contributed by atoms with Crippen LogP contribution in [0.15, 0.2) is 0 Å². The summed E-state index contributed by atoms with van der Waals surface area (Å²) in [6.07, 6.45) is 0.663. The molecule has 0 heterocycles. The highest BCUT2D eigenvalue weighted by Gasteiger charge is 2.27. The van der Waals surface area contributed by atoms with Crippen LogP contribution in [0.3, 0.4) is 0 Å². The van der Waals surface area contributed by atoms with Gasteiger partial charge in [0.1, 0.15) is 6.04 Å².